The van der Waals surface area contributed by atoms with Crippen molar-refractivity contribution in [3.05, 3.63) is 24.3 Å². The van der Waals surface area contributed by atoms with E-state index in [2.05, 4.69) is 5.32 Å². The second kappa shape index (κ2) is 11.2. The van der Waals surface area contributed by atoms with Crippen LogP contribution in [0.25, 0.3) is 0 Å². The van der Waals surface area contributed by atoms with Gasteiger partial charge < -0.3 is 14.8 Å². The summed E-state index contributed by atoms with van der Waals surface area (Å²) in [7, 11) is -3.73. The maximum Gasteiger partial charge on any atom is 0.243 e. The number of sulfonamides is 1. The summed E-state index contributed by atoms with van der Waals surface area (Å²) in [6.07, 6.45) is 0.836. The zero-order valence-electron chi connectivity index (χ0n) is 16.0. The van der Waals surface area contributed by atoms with Gasteiger partial charge in [0.1, 0.15) is 5.75 Å². The van der Waals surface area contributed by atoms with Crippen molar-refractivity contribution in [1.82, 2.24) is 9.62 Å². The van der Waals surface area contributed by atoms with Crippen LogP contribution in [0.3, 0.4) is 0 Å². The molecule has 0 fully saturated rings. The molecule has 0 aliphatic rings. The van der Waals surface area contributed by atoms with Crippen LogP contribution in [0.15, 0.2) is 29.2 Å². The topological polar surface area (TPSA) is 84.9 Å². The van der Waals surface area contributed by atoms with E-state index in [-0.39, 0.29) is 30.0 Å². The van der Waals surface area contributed by atoms with Crippen LogP contribution in [0.2, 0.25) is 0 Å². The molecule has 0 bridgehead atoms. The summed E-state index contributed by atoms with van der Waals surface area (Å²) >= 11 is 0. The van der Waals surface area contributed by atoms with Crippen molar-refractivity contribution in [3.8, 4) is 5.75 Å². The Hall–Kier alpha value is -1.64. The van der Waals surface area contributed by atoms with Gasteiger partial charge in [-0.2, -0.15) is 4.31 Å². The van der Waals surface area contributed by atoms with Gasteiger partial charge in [0, 0.05) is 19.7 Å². The van der Waals surface area contributed by atoms with Gasteiger partial charge in [-0.15, -0.1) is 0 Å². The van der Waals surface area contributed by atoms with E-state index in [4.69, 9.17) is 9.47 Å². The first-order chi connectivity index (χ1) is 12.3. The van der Waals surface area contributed by atoms with Crippen molar-refractivity contribution in [3.63, 3.8) is 0 Å². The van der Waals surface area contributed by atoms with Crippen LogP contribution in [0.4, 0.5) is 0 Å². The Bertz CT molecular complexity index is 644. The number of hydrogen-bond acceptors (Lipinski definition) is 5. The summed E-state index contributed by atoms with van der Waals surface area (Å²) in [5, 5.41) is 2.73. The van der Waals surface area contributed by atoms with Crippen molar-refractivity contribution < 1.29 is 22.7 Å². The number of nitrogens with one attached hydrogen (secondary N) is 1. The molecule has 0 aliphatic carbocycles. The normalized spacial score (nSPS) is 11.8. The summed E-state index contributed by atoms with van der Waals surface area (Å²) in [6, 6.07) is 6.20. The molecule has 0 radical (unpaired) electrons. The molecule has 0 saturated heterocycles. The number of amides is 1. The summed E-state index contributed by atoms with van der Waals surface area (Å²) in [5.41, 5.74) is 0. The zero-order chi connectivity index (χ0) is 19.6. The Morgan fingerprint density at radius 2 is 1.85 bits per heavy atom. The standard InChI is InChI=1S/C18H30N2O5S/c1-5-20(14-18(21)19-12-7-13-25-15(3)4)26(22,23)17-10-8-16(9-11-17)24-6-2/h8-11,15H,5-7,12-14H2,1-4H3,(H,19,21). The highest BCUT2D eigenvalue weighted by atomic mass is 32.2. The van der Waals surface area contributed by atoms with Gasteiger partial charge in [-0.3, -0.25) is 4.79 Å². The minimum atomic E-state index is -3.73. The highest BCUT2D eigenvalue weighted by Crippen LogP contribution is 2.19. The van der Waals surface area contributed by atoms with E-state index in [1.54, 1.807) is 19.1 Å². The van der Waals surface area contributed by atoms with E-state index in [1.807, 2.05) is 20.8 Å². The van der Waals surface area contributed by atoms with E-state index < -0.39 is 10.0 Å². The first-order valence-corrected chi connectivity index (χ1v) is 10.4. The molecule has 0 aromatic heterocycles. The van der Waals surface area contributed by atoms with E-state index in [0.29, 0.717) is 31.9 Å². The Kier molecular flexibility index (Phi) is 9.61. The quantitative estimate of drug-likeness (QED) is 0.556. The summed E-state index contributed by atoms with van der Waals surface area (Å²) in [4.78, 5) is 12.2. The SMILES string of the molecule is CCOc1ccc(S(=O)(=O)N(CC)CC(=O)NCCCOC(C)C)cc1. The summed E-state index contributed by atoms with van der Waals surface area (Å²) < 4.78 is 37.3. The number of likely N-dealkylation sites (N-methyl/N-ethyl adjacent to an activating group) is 1. The average molecular weight is 387 g/mol. The molecular weight excluding hydrogens is 356 g/mol. The molecule has 0 spiro atoms. The molecule has 1 N–H and O–H groups in total. The van der Waals surface area contributed by atoms with Crippen molar-refractivity contribution in [2.24, 2.45) is 0 Å². The van der Waals surface area contributed by atoms with Gasteiger partial charge in [-0.05, 0) is 51.5 Å². The molecule has 0 saturated carbocycles. The van der Waals surface area contributed by atoms with Gasteiger partial charge in [0.2, 0.25) is 15.9 Å². The van der Waals surface area contributed by atoms with Gasteiger partial charge in [-0.25, -0.2) is 8.42 Å². The van der Waals surface area contributed by atoms with Crippen molar-refractivity contribution in [2.45, 2.75) is 45.1 Å². The van der Waals surface area contributed by atoms with Gasteiger partial charge in [0.05, 0.1) is 24.2 Å². The number of ether oxygens (including phenoxy) is 2. The molecule has 7 nitrogen and oxygen atoms in total. The third-order valence-electron chi connectivity index (χ3n) is 3.54. The first kappa shape index (κ1) is 22.4. The monoisotopic (exact) mass is 386 g/mol. The van der Waals surface area contributed by atoms with E-state index >= 15 is 0 Å². The number of rotatable bonds is 12. The molecule has 1 aromatic carbocycles. The molecule has 26 heavy (non-hydrogen) atoms. The molecule has 0 atom stereocenters. The molecule has 1 aromatic rings. The predicted molar refractivity (Wildman–Crippen MR) is 101 cm³/mol. The van der Waals surface area contributed by atoms with Crippen LogP contribution in [0.5, 0.6) is 5.75 Å². The van der Waals surface area contributed by atoms with Crippen LogP contribution < -0.4 is 10.1 Å². The Balaban J connectivity index is 2.61. The first-order valence-electron chi connectivity index (χ1n) is 8.92. The van der Waals surface area contributed by atoms with Crippen LogP contribution in [-0.2, 0) is 19.6 Å². The number of carbonyl (C=O) groups excluding carboxylic acids is 1. The number of hydrogen-bond donors (Lipinski definition) is 1. The zero-order valence-corrected chi connectivity index (χ0v) is 16.8. The fourth-order valence-electron chi connectivity index (χ4n) is 2.23. The largest absolute Gasteiger partial charge is 0.494 e. The fourth-order valence-corrected chi connectivity index (χ4v) is 3.63. The Morgan fingerprint density at radius 1 is 1.19 bits per heavy atom. The lowest BCUT2D eigenvalue weighted by molar-refractivity contribution is -0.121. The molecule has 0 heterocycles. The third-order valence-corrected chi connectivity index (χ3v) is 5.47. The summed E-state index contributed by atoms with van der Waals surface area (Å²) in [5.74, 6) is 0.279. The second-order valence-electron chi connectivity index (χ2n) is 5.96. The van der Waals surface area contributed by atoms with Gasteiger partial charge in [0.15, 0.2) is 0 Å². The van der Waals surface area contributed by atoms with Crippen molar-refractivity contribution in [2.75, 3.05) is 32.8 Å². The number of benzene rings is 1. The molecule has 1 rings (SSSR count). The van der Waals surface area contributed by atoms with Gasteiger partial charge in [0.25, 0.3) is 0 Å². The average Bonchev–Trinajstić information content (AvgIpc) is 2.59. The van der Waals surface area contributed by atoms with Crippen LogP contribution in [-0.4, -0.2) is 57.6 Å². The molecule has 0 aliphatic heterocycles. The molecule has 0 unspecified atom stereocenters. The minimum Gasteiger partial charge on any atom is -0.494 e. The highest BCUT2D eigenvalue weighted by molar-refractivity contribution is 7.89. The van der Waals surface area contributed by atoms with Crippen LogP contribution in [0.1, 0.15) is 34.1 Å². The van der Waals surface area contributed by atoms with E-state index in [9.17, 15) is 13.2 Å². The van der Waals surface area contributed by atoms with Crippen LogP contribution in [0, 0.1) is 0 Å². The minimum absolute atomic E-state index is 0.140. The number of nitrogens with zero attached hydrogens (tertiary/aromatic N) is 1. The van der Waals surface area contributed by atoms with Gasteiger partial charge >= 0.3 is 0 Å². The lowest BCUT2D eigenvalue weighted by Gasteiger charge is -2.20. The van der Waals surface area contributed by atoms with E-state index in [1.165, 1.54) is 12.1 Å². The maximum absolute atomic E-state index is 12.7. The van der Waals surface area contributed by atoms with Gasteiger partial charge in [-0.1, -0.05) is 6.92 Å². The predicted octanol–water partition coefficient (Wildman–Crippen LogP) is 2.03. The van der Waals surface area contributed by atoms with E-state index in [0.717, 1.165) is 4.31 Å². The van der Waals surface area contributed by atoms with Crippen LogP contribution >= 0.6 is 0 Å². The molecular formula is C18H30N2O5S. The fraction of sp³-hybridized carbons (Fsp3) is 0.611. The molecule has 8 heteroatoms. The Morgan fingerprint density at radius 3 is 2.38 bits per heavy atom. The maximum atomic E-state index is 12.7. The highest BCUT2D eigenvalue weighted by Gasteiger charge is 2.25. The lowest BCUT2D eigenvalue weighted by Crippen LogP contribution is -2.41. The van der Waals surface area contributed by atoms with Crippen molar-refractivity contribution in [1.29, 1.82) is 0 Å². The molecule has 1 amide bonds. The second-order valence-corrected chi connectivity index (χ2v) is 7.90. The Labute approximate surface area is 156 Å². The van der Waals surface area contributed by atoms with Crippen molar-refractivity contribution >= 4 is 15.9 Å². The summed E-state index contributed by atoms with van der Waals surface area (Å²) in [6.45, 7) is 8.97. The lowest BCUT2D eigenvalue weighted by atomic mass is 10.3. The third kappa shape index (κ3) is 7.31. The number of carbonyl (C=O) groups is 1. The molecule has 148 valence electrons. The smallest absolute Gasteiger partial charge is 0.243 e.